The Hall–Kier alpha value is -1.88. The number of ether oxygens (including phenoxy) is 1. The summed E-state index contributed by atoms with van der Waals surface area (Å²) in [4.78, 5) is 18.1. The van der Waals surface area contributed by atoms with Crippen molar-refractivity contribution in [2.45, 2.75) is 13.0 Å². The first-order valence-electron chi connectivity index (χ1n) is 6.22. The monoisotopic (exact) mass is 274 g/mol. The molecular formula is C14H14N2O2S. The number of nitrogens with zero attached hydrogens (tertiary/aromatic N) is 2. The smallest absolute Gasteiger partial charge is 0.253 e. The highest BCUT2D eigenvalue weighted by molar-refractivity contribution is 7.07. The minimum absolute atomic E-state index is 0.0883. The van der Waals surface area contributed by atoms with Crippen LogP contribution in [0.3, 0.4) is 0 Å². The number of thiazole rings is 1. The molecule has 2 heterocycles. The van der Waals surface area contributed by atoms with E-state index >= 15 is 0 Å². The molecule has 1 aromatic carbocycles. The number of hydrogen-bond donors (Lipinski definition) is 0. The minimum atomic E-state index is 0.0883. The lowest BCUT2D eigenvalue weighted by molar-refractivity contribution is 0.0651. The number of benzene rings is 1. The summed E-state index contributed by atoms with van der Waals surface area (Å²) in [5.74, 6) is 0.796. The van der Waals surface area contributed by atoms with E-state index < -0.39 is 0 Å². The minimum Gasteiger partial charge on any atom is -0.487 e. The first kappa shape index (κ1) is 12.2. The number of likely N-dealkylation sites (tertiary alicyclic amines) is 1. The van der Waals surface area contributed by atoms with Gasteiger partial charge in [-0.1, -0.05) is 6.07 Å². The van der Waals surface area contributed by atoms with Gasteiger partial charge in [-0.15, -0.1) is 11.3 Å². The molecule has 0 unspecified atom stereocenters. The molecule has 1 aromatic heterocycles. The van der Waals surface area contributed by atoms with Crippen molar-refractivity contribution in [2.24, 2.45) is 0 Å². The predicted octanol–water partition coefficient (Wildman–Crippen LogP) is 2.57. The van der Waals surface area contributed by atoms with Gasteiger partial charge in [-0.2, -0.15) is 0 Å². The van der Waals surface area contributed by atoms with Crippen LogP contribution in [0.5, 0.6) is 5.75 Å². The standard InChI is InChI=1S/C14H14N2O2S/c17-14(16-5-2-6-16)11-3-1-4-13(7-11)18-8-12-9-19-10-15-12/h1,3-4,7,9-10H,2,5-6,8H2. The molecule has 0 bridgehead atoms. The van der Waals surface area contributed by atoms with Crippen LogP contribution in [-0.4, -0.2) is 28.9 Å². The zero-order chi connectivity index (χ0) is 13.1. The molecule has 0 radical (unpaired) electrons. The molecule has 1 fully saturated rings. The molecule has 0 saturated carbocycles. The molecule has 0 spiro atoms. The van der Waals surface area contributed by atoms with Gasteiger partial charge < -0.3 is 9.64 Å². The highest BCUT2D eigenvalue weighted by Crippen LogP contribution is 2.18. The molecule has 4 nitrogen and oxygen atoms in total. The van der Waals surface area contributed by atoms with Gasteiger partial charge in [0.25, 0.3) is 5.91 Å². The maximum absolute atomic E-state index is 12.1. The number of rotatable bonds is 4. The van der Waals surface area contributed by atoms with Gasteiger partial charge in [-0.05, 0) is 24.6 Å². The van der Waals surface area contributed by atoms with E-state index in [1.165, 1.54) is 0 Å². The third-order valence-electron chi connectivity index (χ3n) is 3.09. The van der Waals surface area contributed by atoms with E-state index in [4.69, 9.17) is 4.74 Å². The van der Waals surface area contributed by atoms with E-state index in [-0.39, 0.29) is 5.91 Å². The Morgan fingerprint density at radius 2 is 2.32 bits per heavy atom. The van der Waals surface area contributed by atoms with Gasteiger partial charge in [0.2, 0.25) is 0 Å². The zero-order valence-electron chi connectivity index (χ0n) is 10.4. The molecule has 0 N–H and O–H groups in total. The summed E-state index contributed by atoms with van der Waals surface area (Å²) in [5, 5.41) is 1.95. The molecule has 19 heavy (non-hydrogen) atoms. The lowest BCUT2D eigenvalue weighted by Crippen LogP contribution is -2.41. The number of carbonyl (C=O) groups is 1. The normalized spacial score (nSPS) is 14.0. The largest absolute Gasteiger partial charge is 0.487 e. The molecule has 98 valence electrons. The fourth-order valence-electron chi connectivity index (χ4n) is 1.89. The highest BCUT2D eigenvalue weighted by Gasteiger charge is 2.21. The van der Waals surface area contributed by atoms with Crippen molar-refractivity contribution < 1.29 is 9.53 Å². The van der Waals surface area contributed by atoms with Crippen molar-refractivity contribution in [3.63, 3.8) is 0 Å². The van der Waals surface area contributed by atoms with Crippen LogP contribution in [0.15, 0.2) is 35.2 Å². The van der Waals surface area contributed by atoms with Crippen molar-refractivity contribution in [2.75, 3.05) is 13.1 Å². The molecule has 1 aliphatic heterocycles. The van der Waals surface area contributed by atoms with Crippen LogP contribution in [0.4, 0.5) is 0 Å². The second kappa shape index (κ2) is 5.40. The predicted molar refractivity (Wildman–Crippen MR) is 73.4 cm³/mol. The second-order valence-corrected chi connectivity index (χ2v) is 5.16. The van der Waals surface area contributed by atoms with Crippen molar-refractivity contribution in [1.29, 1.82) is 0 Å². The maximum atomic E-state index is 12.1. The van der Waals surface area contributed by atoms with Crippen molar-refractivity contribution in [1.82, 2.24) is 9.88 Å². The summed E-state index contributed by atoms with van der Waals surface area (Å²) < 4.78 is 5.65. The summed E-state index contributed by atoms with van der Waals surface area (Å²) in [7, 11) is 0. The molecule has 1 saturated heterocycles. The van der Waals surface area contributed by atoms with Gasteiger partial charge in [0, 0.05) is 24.0 Å². The van der Waals surface area contributed by atoms with Crippen molar-refractivity contribution in [3.8, 4) is 5.75 Å². The second-order valence-electron chi connectivity index (χ2n) is 4.44. The summed E-state index contributed by atoms with van der Waals surface area (Å²) in [6.45, 7) is 2.16. The number of amides is 1. The number of hydrogen-bond acceptors (Lipinski definition) is 4. The Kier molecular flexibility index (Phi) is 3.46. The van der Waals surface area contributed by atoms with E-state index in [0.717, 1.165) is 25.2 Å². The lowest BCUT2D eigenvalue weighted by Gasteiger charge is -2.30. The van der Waals surface area contributed by atoms with Crippen molar-refractivity contribution >= 4 is 17.2 Å². The van der Waals surface area contributed by atoms with Crippen LogP contribution in [-0.2, 0) is 6.61 Å². The summed E-state index contributed by atoms with van der Waals surface area (Å²) in [6.07, 6.45) is 1.10. The quantitative estimate of drug-likeness (QED) is 0.860. The van der Waals surface area contributed by atoms with Gasteiger partial charge in [0.1, 0.15) is 12.4 Å². The third kappa shape index (κ3) is 2.76. The molecule has 5 heteroatoms. The Bertz CT molecular complexity index is 565. The van der Waals surface area contributed by atoms with Gasteiger partial charge >= 0.3 is 0 Å². The first-order valence-corrected chi connectivity index (χ1v) is 7.16. The van der Waals surface area contributed by atoms with E-state index in [1.54, 1.807) is 22.9 Å². The van der Waals surface area contributed by atoms with Crippen LogP contribution in [0.1, 0.15) is 22.5 Å². The Morgan fingerprint density at radius 3 is 3.00 bits per heavy atom. The Balaban J connectivity index is 1.67. The average molecular weight is 274 g/mol. The van der Waals surface area contributed by atoms with E-state index in [9.17, 15) is 4.79 Å². The van der Waals surface area contributed by atoms with Crippen LogP contribution in [0.25, 0.3) is 0 Å². The molecular weight excluding hydrogens is 260 g/mol. The SMILES string of the molecule is O=C(c1cccc(OCc2cscn2)c1)N1CCC1. The van der Waals surface area contributed by atoms with Gasteiger partial charge in [0.05, 0.1) is 11.2 Å². The summed E-state index contributed by atoms with van der Waals surface area (Å²) >= 11 is 1.55. The topological polar surface area (TPSA) is 42.4 Å². The van der Waals surface area contributed by atoms with Crippen LogP contribution in [0, 0.1) is 0 Å². The van der Waals surface area contributed by atoms with Crippen LogP contribution >= 0.6 is 11.3 Å². The van der Waals surface area contributed by atoms with Gasteiger partial charge in [-0.25, -0.2) is 4.98 Å². The maximum Gasteiger partial charge on any atom is 0.253 e. The zero-order valence-corrected chi connectivity index (χ0v) is 11.2. The average Bonchev–Trinajstić information content (AvgIpc) is 2.88. The van der Waals surface area contributed by atoms with Gasteiger partial charge in [-0.3, -0.25) is 4.79 Å². The molecule has 0 aliphatic carbocycles. The highest BCUT2D eigenvalue weighted by atomic mass is 32.1. The molecule has 0 atom stereocenters. The fourth-order valence-corrected chi connectivity index (χ4v) is 2.43. The van der Waals surface area contributed by atoms with Gasteiger partial charge in [0.15, 0.2) is 0 Å². The van der Waals surface area contributed by atoms with E-state index in [0.29, 0.717) is 17.9 Å². The summed E-state index contributed by atoms with van der Waals surface area (Å²) in [6, 6.07) is 7.34. The number of carbonyl (C=O) groups excluding carboxylic acids is 1. The molecule has 3 rings (SSSR count). The third-order valence-corrected chi connectivity index (χ3v) is 3.73. The fraction of sp³-hybridized carbons (Fsp3) is 0.286. The number of aromatic nitrogens is 1. The van der Waals surface area contributed by atoms with Crippen molar-refractivity contribution in [3.05, 3.63) is 46.4 Å². The lowest BCUT2D eigenvalue weighted by atomic mass is 10.1. The Labute approximate surface area is 115 Å². The Morgan fingerprint density at radius 1 is 1.42 bits per heavy atom. The van der Waals surface area contributed by atoms with Crippen LogP contribution < -0.4 is 4.74 Å². The van der Waals surface area contributed by atoms with E-state index in [2.05, 4.69) is 4.98 Å². The molecule has 1 aliphatic rings. The molecule has 1 amide bonds. The molecule has 2 aromatic rings. The first-order chi connectivity index (χ1) is 9.33. The van der Waals surface area contributed by atoms with Crippen LogP contribution in [0.2, 0.25) is 0 Å². The summed E-state index contributed by atoms with van der Waals surface area (Å²) in [5.41, 5.74) is 3.38. The van der Waals surface area contributed by atoms with E-state index in [1.807, 2.05) is 28.5 Å².